The number of nitriles is 1. The fraction of sp³-hybridized carbons (Fsp3) is 0.0500. The summed E-state index contributed by atoms with van der Waals surface area (Å²) in [5, 5.41) is 18.5. The molecule has 0 unspecified atom stereocenters. The van der Waals surface area contributed by atoms with Crippen molar-refractivity contribution in [3.63, 3.8) is 0 Å². The third kappa shape index (κ3) is 3.84. The summed E-state index contributed by atoms with van der Waals surface area (Å²) in [5.74, 6) is -1.27. The molecule has 3 rings (SSSR count). The van der Waals surface area contributed by atoms with E-state index >= 15 is 0 Å². The molecule has 3 aromatic rings. The van der Waals surface area contributed by atoms with Gasteiger partial charge in [0.1, 0.15) is 11.0 Å². The van der Waals surface area contributed by atoms with Gasteiger partial charge in [-0.15, -0.1) is 0 Å². The highest BCUT2D eigenvalue weighted by Gasteiger charge is 2.20. The first-order chi connectivity index (χ1) is 13.3. The molecule has 2 N–H and O–H groups in total. The molecule has 1 aromatic heterocycles. The highest BCUT2D eigenvalue weighted by molar-refractivity contribution is 7.92. The van der Waals surface area contributed by atoms with Gasteiger partial charge < -0.3 is 5.11 Å². The smallest absolute Gasteiger partial charge is 0.337 e. The van der Waals surface area contributed by atoms with Gasteiger partial charge in [0.2, 0.25) is 0 Å². The molecule has 0 aliphatic heterocycles. The van der Waals surface area contributed by atoms with Gasteiger partial charge in [-0.2, -0.15) is 5.26 Å². The second kappa shape index (κ2) is 7.50. The zero-order chi connectivity index (χ0) is 20.3. The van der Waals surface area contributed by atoms with Gasteiger partial charge in [0.25, 0.3) is 10.0 Å². The number of sulfonamides is 1. The number of hydrogen-bond acceptors (Lipinski definition) is 5. The van der Waals surface area contributed by atoms with Crippen LogP contribution in [0.3, 0.4) is 0 Å². The van der Waals surface area contributed by atoms with E-state index in [0.717, 1.165) is 11.8 Å². The van der Waals surface area contributed by atoms with Gasteiger partial charge in [0.05, 0.1) is 22.5 Å². The lowest BCUT2D eigenvalue weighted by molar-refractivity contribution is 0.0698. The predicted molar refractivity (Wildman–Crippen MR) is 103 cm³/mol. The Hall–Kier alpha value is -3.70. The van der Waals surface area contributed by atoms with E-state index in [2.05, 4.69) is 9.71 Å². The fourth-order valence-electron chi connectivity index (χ4n) is 2.60. The van der Waals surface area contributed by atoms with Crippen LogP contribution in [-0.2, 0) is 10.0 Å². The van der Waals surface area contributed by atoms with Gasteiger partial charge in [-0.25, -0.2) is 13.2 Å². The summed E-state index contributed by atoms with van der Waals surface area (Å²) in [6.07, 6.45) is 1.12. The molecule has 0 atom stereocenters. The van der Waals surface area contributed by atoms with Gasteiger partial charge >= 0.3 is 5.97 Å². The Kier molecular flexibility index (Phi) is 5.11. The van der Waals surface area contributed by atoms with Crippen molar-refractivity contribution in [2.45, 2.75) is 11.8 Å². The van der Waals surface area contributed by atoms with Crippen molar-refractivity contribution < 1.29 is 18.3 Å². The lowest BCUT2D eigenvalue weighted by Gasteiger charge is -2.13. The van der Waals surface area contributed by atoms with E-state index in [-0.39, 0.29) is 21.7 Å². The summed E-state index contributed by atoms with van der Waals surface area (Å²) in [6.45, 7) is 1.59. The van der Waals surface area contributed by atoms with Crippen molar-refractivity contribution in [3.8, 4) is 17.2 Å². The number of rotatable bonds is 5. The lowest BCUT2D eigenvalue weighted by atomic mass is 10.0. The Labute approximate surface area is 162 Å². The highest BCUT2D eigenvalue weighted by atomic mass is 32.2. The van der Waals surface area contributed by atoms with Crippen LogP contribution in [0.1, 0.15) is 21.6 Å². The SMILES string of the molecule is Cc1ncc(S(=O)(=O)Nc2cc(-c3ccccc3)ccc2C(=O)O)cc1C#N. The number of aromatic carboxylic acids is 1. The first kappa shape index (κ1) is 19.1. The maximum absolute atomic E-state index is 12.8. The minimum absolute atomic E-state index is 0.0760. The van der Waals surface area contributed by atoms with Crippen molar-refractivity contribution in [3.05, 3.63) is 77.6 Å². The Morgan fingerprint density at radius 1 is 1.11 bits per heavy atom. The Morgan fingerprint density at radius 3 is 2.46 bits per heavy atom. The van der Waals surface area contributed by atoms with Gasteiger partial charge in [-0.05, 0) is 36.2 Å². The number of carboxylic acids is 1. The van der Waals surface area contributed by atoms with E-state index < -0.39 is 16.0 Å². The fourth-order valence-corrected chi connectivity index (χ4v) is 3.64. The summed E-state index contributed by atoms with van der Waals surface area (Å²) in [5.41, 5.74) is 1.72. The molecule has 0 fully saturated rings. The number of hydrogen-bond donors (Lipinski definition) is 2. The molecule has 0 spiro atoms. The molecule has 8 heteroatoms. The highest BCUT2D eigenvalue weighted by Crippen LogP contribution is 2.28. The topological polar surface area (TPSA) is 120 Å². The van der Waals surface area contributed by atoms with Crippen LogP contribution in [0, 0.1) is 18.3 Å². The van der Waals surface area contributed by atoms with E-state index in [0.29, 0.717) is 11.3 Å². The first-order valence-corrected chi connectivity index (χ1v) is 9.62. The lowest BCUT2D eigenvalue weighted by Crippen LogP contribution is -2.16. The van der Waals surface area contributed by atoms with Crippen molar-refractivity contribution in [1.29, 1.82) is 5.26 Å². The number of carboxylic acid groups (broad SMARTS) is 1. The van der Waals surface area contributed by atoms with E-state index in [1.165, 1.54) is 18.2 Å². The number of benzene rings is 2. The first-order valence-electron chi connectivity index (χ1n) is 8.14. The van der Waals surface area contributed by atoms with Crippen LogP contribution in [0.2, 0.25) is 0 Å². The van der Waals surface area contributed by atoms with Crippen LogP contribution in [0.15, 0.2) is 65.7 Å². The minimum Gasteiger partial charge on any atom is -0.478 e. The Bertz CT molecular complexity index is 1200. The number of anilines is 1. The van der Waals surface area contributed by atoms with Gasteiger partial charge in [-0.1, -0.05) is 36.4 Å². The average molecular weight is 393 g/mol. The maximum atomic E-state index is 12.8. The summed E-state index contributed by atoms with van der Waals surface area (Å²) >= 11 is 0. The van der Waals surface area contributed by atoms with Crippen LogP contribution in [0.25, 0.3) is 11.1 Å². The maximum Gasteiger partial charge on any atom is 0.337 e. The van der Waals surface area contributed by atoms with E-state index in [1.807, 2.05) is 36.4 Å². The normalized spacial score (nSPS) is 10.9. The second-order valence-electron chi connectivity index (χ2n) is 5.95. The van der Waals surface area contributed by atoms with E-state index in [4.69, 9.17) is 5.26 Å². The van der Waals surface area contributed by atoms with Crippen molar-refractivity contribution >= 4 is 21.7 Å². The average Bonchev–Trinajstić information content (AvgIpc) is 2.68. The number of aryl methyl sites for hydroxylation is 1. The number of carbonyl (C=O) groups is 1. The van der Waals surface area contributed by atoms with Crippen LogP contribution in [0.5, 0.6) is 0 Å². The summed E-state index contributed by atoms with van der Waals surface area (Å²) in [4.78, 5) is 15.2. The molecular weight excluding hydrogens is 378 g/mol. The van der Waals surface area contributed by atoms with Gasteiger partial charge in [-0.3, -0.25) is 9.71 Å². The third-order valence-corrected chi connectivity index (χ3v) is 5.43. The van der Waals surface area contributed by atoms with Crippen LogP contribution >= 0.6 is 0 Å². The monoisotopic (exact) mass is 393 g/mol. The van der Waals surface area contributed by atoms with Crippen LogP contribution in [-0.4, -0.2) is 24.5 Å². The molecule has 0 bridgehead atoms. The second-order valence-corrected chi connectivity index (χ2v) is 7.64. The molecule has 0 radical (unpaired) electrons. The number of nitrogens with zero attached hydrogens (tertiary/aromatic N) is 2. The van der Waals surface area contributed by atoms with Crippen LogP contribution < -0.4 is 4.72 Å². The molecule has 0 saturated carbocycles. The summed E-state index contributed by atoms with van der Waals surface area (Å²) in [7, 11) is -4.14. The number of aromatic nitrogens is 1. The molecule has 7 nitrogen and oxygen atoms in total. The molecule has 0 saturated heterocycles. The zero-order valence-electron chi connectivity index (χ0n) is 14.7. The molecule has 2 aromatic carbocycles. The molecule has 0 aliphatic rings. The summed E-state index contributed by atoms with van der Waals surface area (Å²) in [6, 6.07) is 16.7. The largest absolute Gasteiger partial charge is 0.478 e. The van der Waals surface area contributed by atoms with Crippen molar-refractivity contribution in [2.75, 3.05) is 4.72 Å². The molecule has 1 heterocycles. The molecule has 140 valence electrons. The molecule has 28 heavy (non-hydrogen) atoms. The number of pyridine rings is 1. The van der Waals surface area contributed by atoms with Gasteiger partial charge in [0.15, 0.2) is 0 Å². The minimum atomic E-state index is -4.14. The van der Waals surface area contributed by atoms with Crippen LogP contribution in [0.4, 0.5) is 5.69 Å². The quantitative estimate of drug-likeness (QED) is 0.685. The van der Waals surface area contributed by atoms with E-state index in [9.17, 15) is 18.3 Å². The molecular formula is C20H15N3O4S. The van der Waals surface area contributed by atoms with E-state index in [1.54, 1.807) is 13.0 Å². The predicted octanol–water partition coefficient (Wildman–Crippen LogP) is 3.43. The Morgan fingerprint density at radius 2 is 1.82 bits per heavy atom. The zero-order valence-corrected chi connectivity index (χ0v) is 15.6. The molecule has 0 amide bonds. The molecule has 0 aliphatic carbocycles. The summed E-state index contributed by atoms with van der Waals surface area (Å²) < 4.78 is 27.8. The van der Waals surface area contributed by atoms with Crippen molar-refractivity contribution in [2.24, 2.45) is 0 Å². The Balaban J connectivity index is 2.07. The number of nitrogens with one attached hydrogen (secondary N) is 1. The van der Waals surface area contributed by atoms with Crippen molar-refractivity contribution in [1.82, 2.24) is 4.98 Å². The van der Waals surface area contributed by atoms with Gasteiger partial charge in [0, 0.05) is 6.20 Å². The third-order valence-electron chi connectivity index (χ3n) is 4.09. The standard InChI is InChI=1S/C20H15N3O4S/c1-13-16(11-21)9-17(12-22-13)28(26,27)23-19-10-15(7-8-18(19)20(24)25)14-5-3-2-4-6-14/h2-10,12,23H,1H3,(H,24,25).